The van der Waals surface area contributed by atoms with Crippen LogP contribution in [0.4, 0.5) is 5.69 Å². The van der Waals surface area contributed by atoms with Gasteiger partial charge in [0.25, 0.3) is 0 Å². The van der Waals surface area contributed by atoms with Gasteiger partial charge in [0.1, 0.15) is 0 Å². The van der Waals surface area contributed by atoms with E-state index in [0.717, 1.165) is 10.4 Å². The molecule has 1 aromatic heterocycles. The summed E-state index contributed by atoms with van der Waals surface area (Å²) in [5, 5.41) is 18.0. The van der Waals surface area contributed by atoms with E-state index in [1.54, 1.807) is 6.07 Å². The van der Waals surface area contributed by atoms with Crippen LogP contribution in [0.2, 0.25) is 0 Å². The van der Waals surface area contributed by atoms with Gasteiger partial charge in [0.15, 0.2) is 0 Å². The summed E-state index contributed by atoms with van der Waals surface area (Å²) >= 11 is 1.30. The molecular formula is C10H10BNO2S. The van der Waals surface area contributed by atoms with Crippen molar-refractivity contribution in [2.45, 2.75) is 0 Å². The minimum absolute atomic E-state index is 0.464. The first-order valence-electron chi connectivity index (χ1n) is 4.49. The summed E-state index contributed by atoms with van der Waals surface area (Å²) in [7, 11) is -1.45. The normalized spacial score (nSPS) is 10.3. The molecule has 3 nitrogen and oxygen atoms in total. The molecule has 0 atom stereocenters. The summed E-state index contributed by atoms with van der Waals surface area (Å²) in [6.07, 6.45) is 0. The standard InChI is InChI=1S/C10H10BNO2S/c12-8-6-9(11(13)14)15-10(8)7-4-2-1-3-5-7/h1-6,13-14H,12H2. The molecule has 2 rings (SSSR count). The van der Waals surface area contributed by atoms with Gasteiger partial charge in [0.05, 0.1) is 4.88 Å². The predicted octanol–water partition coefficient (Wildman–Crippen LogP) is 0.677. The molecular weight excluding hydrogens is 209 g/mol. The van der Waals surface area contributed by atoms with E-state index in [2.05, 4.69) is 0 Å². The molecule has 0 fully saturated rings. The molecule has 4 N–H and O–H groups in total. The second-order valence-corrected chi connectivity index (χ2v) is 4.26. The van der Waals surface area contributed by atoms with Crippen molar-refractivity contribution in [3.05, 3.63) is 36.4 Å². The van der Waals surface area contributed by atoms with E-state index < -0.39 is 7.12 Å². The Balaban J connectivity index is 2.45. The summed E-state index contributed by atoms with van der Waals surface area (Å²) in [4.78, 5) is 0.874. The van der Waals surface area contributed by atoms with Crippen LogP contribution >= 0.6 is 11.3 Å². The van der Waals surface area contributed by atoms with Crippen molar-refractivity contribution in [2.75, 3.05) is 5.73 Å². The molecule has 0 aliphatic rings. The number of benzene rings is 1. The molecule has 0 bridgehead atoms. The molecule has 0 saturated carbocycles. The van der Waals surface area contributed by atoms with Crippen molar-refractivity contribution in [3.63, 3.8) is 0 Å². The smallest absolute Gasteiger partial charge is 0.423 e. The number of thiophene rings is 1. The molecule has 0 radical (unpaired) electrons. The van der Waals surface area contributed by atoms with Crippen molar-refractivity contribution in [1.29, 1.82) is 0 Å². The lowest BCUT2D eigenvalue weighted by atomic mass is 9.89. The minimum atomic E-state index is -1.45. The number of rotatable bonds is 2. The molecule has 0 amide bonds. The van der Waals surface area contributed by atoms with Crippen LogP contribution in [-0.4, -0.2) is 17.2 Å². The van der Waals surface area contributed by atoms with Gasteiger partial charge in [-0.1, -0.05) is 30.3 Å². The third kappa shape index (κ3) is 2.04. The van der Waals surface area contributed by atoms with Crippen LogP contribution in [0.25, 0.3) is 10.4 Å². The highest BCUT2D eigenvalue weighted by molar-refractivity contribution is 7.25. The fourth-order valence-electron chi connectivity index (χ4n) is 1.37. The zero-order valence-corrected chi connectivity index (χ0v) is 8.74. The Labute approximate surface area is 91.9 Å². The zero-order valence-electron chi connectivity index (χ0n) is 7.92. The quantitative estimate of drug-likeness (QED) is 0.650. The Hall–Kier alpha value is -1.30. The van der Waals surface area contributed by atoms with E-state index in [1.807, 2.05) is 30.3 Å². The number of anilines is 1. The first kappa shape index (κ1) is 10.2. The van der Waals surface area contributed by atoms with Gasteiger partial charge in [-0.25, -0.2) is 0 Å². The van der Waals surface area contributed by atoms with E-state index in [0.29, 0.717) is 10.5 Å². The first-order valence-corrected chi connectivity index (χ1v) is 5.31. The third-order valence-corrected chi connectivity index (χ3v) is 3.31. The highest BCUT2D eigenvalue weighted by atomic mass is 32.1. The molecule has 1 heterocycles. The van der Waals surface area contributed by atoms with Gasteiger partial charge >= 0.3 is 7.12 Å². The largest absolute Gasteiger partial charge is 0.499 e. The maximum atomic E-state index is 9.02. The van der Waals surface area contributed by atoms with Gasteiger partial charge in [0, 0.05) is 10.5 Å². The van der Waals surface area contributed by atoms with E-state index in [-0.39, 0.29) is 0 Å². The third-order valence-electron chi connectivity index (χ3n) is 2.07. The average molecular weight is 219 g/mol. The SMILES string of the molecule is Nc1cc(B(O)O)sc1-c1ccccc1. The number of hydrogen-bond donors (Lipinski definition) is 3. The maximum Gasteiger partial charge on any atom is 0.499 e. The fourth-order valence-corrected chi connectivity index (χ4v) is 2.33. The molecule has 2 aromatic rings. The Kier molecular flexibility index (Phi) is 2.77. The van der Waals surface area contributed by atoms with Gasteiger partial charge in [-0.05, 0) is 11.6 Å². The zero-order chi connectivity index (χ0) is 10.8. The van der Waals surface area contributed by atoms with Crippen molar-refractivity contribution in [1.82, 2.24) is 0 Å². The molecule has 0 unspecified atom stereocenters. The van der Waals surface area contributed by atoms with Gasteiger partial charge in [0.2, 0.25) is 0 Å². The Bertz CT molecular complexity index is 456. The van der Waals surface area contributed by atoms with E-state index in [9.17, 15) is 0 Å². The van der Waals surface area contributed by atoms with Gasteiger partial charge < -0.3 is 15.8 Å². The number of nitrogen functional groups attached to an aromatic ring is 1. The first-order chi connectivity index (χ1) is 7.18. The molecule has 0 aliphatic carbocycles. The molecule has 0 saturated heterocycles. The summed E-state index contributed by atoms with van der Waals surface area (Å²) in [5.74, 6) is 0. The lowest BCUT2D eigenvalue weighted by Crippen LogP contribution is -2.26. The second-order valence-electron chi connectivity index (χ2n) is 3.17. The minimum Gasteiger partial charge on any atom is -0.423 e. The average Bonchev–Trinajstić information content (AvgIpc) is 2.62. The van der Waals surface area contributed by atoms with Crippen LogP contribution < -0.4 is 10.5 Å². The van der Waals surface area contributed by atoms with Crippen LogP contribution in [-0.2, 0) is 0 Å². The Morgan fingerprint density at radius 1 is 1.13 bits per heavy atom. The molecule has 76 valence electrons. The molecule has 0 spiro atoms. The summed E-state index contributed by atoms with van der Waals surface area (Å²) in [6.45, 7) is 0. The van der Waals surface area contributed by atoms with E-state index in [4.69, 9.17) is 15.8 Å². The van der Waals surface area contributed by atoms with Crippen LogP contribution in [0.5, 0.6) is 0 Å². The Morgan fingerprint density at radius 2 is 1.80 bits per heavy atom. The number of nitrogens with two attached hydrogens (primary N) is 1. The summed E-state index contributed by atoms with van der Waals surface area (Å²) in [5.41, 5.74) is 7.37. The van der Waals surface area contributed by atoms with E-state index in [1.165, 1.54) is 11.3 Å². The lowest BCUT2D eigenvalue weighted by Gasteiger charge is -1.97. The van der Waals surface area contributed by atoms with Crippen molar-refractivity contribution >= 4 is 28.9 Å². The number of hydrogen-bond acceptors (Lipinski definition) is 4. The van der Waals surface area contributed by atoms with Gasteiger partial charge in [-0.2, -0.15) is 0 Å². The topological polar surface area (TPSA) is 66.5 Å². The second kappa shape index (κ2) is 4.06. The predicted molar refractivity (Wildman–Crippen MR) is 64.0 cm³/mol. The molecule has 0 aliphatic heterocycles. The molecule has 15 heavy (non-hydrogen) atoms. The highest BCUT2D eigenvalue weighted by Crippen LogP contribution is 2.29. The van der Waals surface area contributed by atoms with Crippen LogP contribution in [0.3, 0.4) is 0 Å². The summed E-state index contributed by atoms with van der Waals surface area (Å²) in [6, 6.07) is 11.2. The van der Waals surface area contributed by atoms with Crippen molar-refractivity contribution in [2.24, 2.45) is 0 Å². The van der Waals surface area contributed by atoms with Crippen LogP contribution in [0.15, 0.2) is 36.4 Å². The van der Waals surface area contributed by atoms with E-state index >= 15 is 0 Å². The van der Waals surface area contributed by atoms with Crippen LogP contribution in [0.1, 0.15) is 0 Å². The molecule has 1 aromatic carbocycles. The van der Waals surface area contributed by atoms with Crippen molar-refractivity contribution in [3.8, 4) is 10.4 Å². The Morgan fingerprint density at radius 3 is 2.33 bits per heavy atom. The highest BCUT2D eigenvalue weighted by Gasteiger charge is 2.17. The van der Waals surface area contributed by atoms with Crippen LogP contribution in [0, 0.1) is 0 Å². The van der Waals surface area contributed by atoms with Gasteiger partial charge in [-0.15, -0.1) is 11.3 Å². The monoisotopic (exact) mass is 219 g/mol. The summed E-state index contributed by atoms with van der Waals surface area (Å²) < 4.78 is 0.464. The van der Waals surface area contributed by atoms with Gasteiger partial charge in [-0.3, -0.25) is 0 Å². The maximum absolute atomic E-state index is 9.02. The molecule has 5 heteroatoms. The van der Waals surface area contributed by atoms with Crippen molar-refractivity contribution < 1.29 is 10.0 Å². The fraction of sp³-hybridized carbons (Fsp3) is 0. The lowest BCUT2D eigenvalue weighted by molar-refractivity contribution is 0.427.